The summed E-state index contributed by atoms with van der Waals surface area (Å²) < 4.78 is 2.06. The number of anilines is 1. The van der Waals surface area contributed by atoms with Crippen LogP contribution in [0.5, 0.6) is 0 Å². The molecule has 2 aromatic carbocycles. The summed E-state index contributed by atoms with van der Waals surface area (Å²) in [5.41, 5.74) is 4.77. The van der Waals surface area contributed by atoms with Crippen molar-refractivity contribution in [3.05, 3.63) is 70.9 Å². The summed E-state index contributed by atoms with van der Waals surface area (Å²) in [5.74, 6) is 0.856. The first kappa shape index (κ1) is 15.6. The molecule has 0 aliphatic carbocycles. The van der Waals surface area contributed by atoms with E-state index in [4.69, 9.17) is 11.6 Å². The van der Waals surface area contributed by atoms with E-state index in [9.17, 15) is 0 Å². The van der Waals surface area contributed by atoms with Gasteiger partial charge in [0.1, 0.15) is 0 Å². The van der Waals surface area contributed by atoms with Crippen LogP contribution in [0.25, 0.3) is 11.3 Å². The summed E-state index contributed by atoms with van der Waals surface area (Å²) in [4.78, 5) is 4.48. The summed E-state index contributed by atoms with van der Waals surface area (Å²) in [6.45, 7) is 2.92. The summed E-state index contributed by atoms with van der Waals surface area (Å²) in [5, 5.41) is 4.13. The van der Waals surface area contributed by atoms with Crippen LogP contribution in [0.1, 0.15) is 18.1 Å². The van der Waals surface area contributed by atoms with Crippen LogP contribution in [0.4, 0.5) is 5.95 Å². The molecule has 4 heteroatoms. The molecule has 23 heavy (non-hydrogen) atoms. The fraction of sp³-hybridized carbons (Fsp3) is 0.211. The van der Waals surface area contributed by atoms with Gasteiger partial charge in [-0.3, -0.25) is 0 Å². The molecule has 3 rings (SSSR count). The molecule has 1 heterocycles. The number of aromatic nitrogens is 2. The smallest absolute Gasteiger partial charge is 0.203 e. The average Bonchev–Trinajstić information content (AvgIpc) is 2.95. The van der Waals surface area contributed by atoms with Crippen LogP contribution in [0, 0.1) is 0 Å². The molecule has 0 fully saturated rings. The van der Waals surface area contributed by atoms with Crippen LogP contribution in [-0.2, 0) is 20.0 Å². The fourth-order valence-electron chi connectivity index (χ4n) is 2.54. The number of hydrogen-bond acceptors (Lipinski definition) is 2. The van der Waals surface area contributed by atoms with Crippen LogP contribution >= 0.6 is 11.6 Å². The van der Waals surface area contributed by atoms with Crippen LogP contribution in [-0.4, -0.2) is 9.55 Å². The maximum absolute atomic E-state index is 5.95. The number of aryl methyl sites for hydroxylation is 1. The van der Waals surface area contributed by atoms with Gasteiger partial charge in [0.15, 0.2) is 0 Å². The zero-order valence-corrected chi connectivity index (χ0v) is 14.1. The maximum atomic E-state index is 5.95. The number of halogens is 1. The highest BCUT2D eigenvalue weighted by Crippen LogP contribution is 2.23. The van der Waals surface area contributed by atoms with E-state index in [0.717, 1.165) is 35.2 Å². The van der Waals surface area contributed by atoms with E-state index < -0.39 is 0 Å². The second-order valence-corrected chi connectivity index (χ2v) is 5.99. The van der Waals surface area contributed by atoms with Gasteiger partial charge in [-0.15, -0.1) is 0 Å². The Labute approximate surface area is 141 Å². The lowest BCUT2D eigenvalue weighted by Crippen LogP contribution is -2.05. The number of nitrogens with zero attached hydrogens (tertiary/aromatic N) is 2. The zero-order valence-electron chi connectivity index (χ0n) is 13.4. The normalized spacial score (nSPS) is 10.7. The van der Waals surface area contributed by atoms with Crippen molar-refractivity contribution in [1.29, 1.82) is 0 Å². The molecule has 118 valence electrons. The lowest BCUT2D eigenvalue weighted by atomic mass is 10.1. The van der Waals surface area contributed by atoms with Gasteiger partial charge in [0, 0.05) is 18.6 Å². The topological polar surface area (TPSA) is 29.9 Å². The minimum Gasteiger partial charge on any atom is -0.352 e. The van der Waals surface area contributed by atoms with E-state index in [-0.39, 0.29) is 0 Å². The second kappa shape index (κ2) is 6.88. The highest BCUT2D eigenvalue weighted by Gasteiger charge is 2.08. The quantitative estimate of drug-likeness (QED) is 0.722. The van der Waals surface area contributed by atoms with Crippen molar-refractivity contribution in [1.82, 2.24) is 9.55 Å². The van der Waals surface area contributed by atoms with Crippen molar-refractivity contribution in [3.8, 4) is 11.3 Å². The molecule has 0 atom stereocenters. The molecule has 3 aromatic rings. The summed E-state index contributed by atoms with van der Waals surface area (Å²) >= 11 is 5.95. The highest BCUT2D eigenvalue weighted by atomic mass is 35.5. The lowest BCUT2D eigenvalue weighted by molar-refractivity contribution is 0.906. The molecule has 0 aliphatic heterocycles. The minimum absolute atomic E-state index is 0.741. The molecule has 0 saturated heterocycles. The minimum atomic E-state index is 0.741. The third-order valence-electron chi connectivity index (χ3n) is 4.01. The number of nitrogens with one attached hydrogen (secondary N) is 1. The van der Waals surface area contributed by atoms with Crippen molar-refractivity contribution in [2.45, 2.75) is 19.9 Å². The van der Waals surface area contributed by atoms with Gasteiger partial charge in [-0.05, 0) is 35.2 Å². The molecule has 0 radical (unpaired) electrons. The molecule has 0 amide bonds. The molecule has 1 aromatic heterocycles. The van der Waals surface area contributed by atoms with Crippen LogP contribution < -0.4 is 5.32 Å². The third kappa shape index (κ3) is 3.57. The average molecular weight is 326 g/mol. The predicted octanol–water partition coefficient (Wildman–Crippen LogP) is 4.92. The van der Waals surface area contributed by atoms with Crippen molar-refractivity contribution >= 4 is 17.5 Å². The Morgan fingerprint density at radius 1 is 1.00 bits per heavy atom. The Balaban J connectivity index is 1.72. The zero-order chi connectivity index (χ0) is 16.2. The van der Waals surface area contributed by atoms with E-state index in [1.165, 1.54) is 11.1 Å². The summed E-state index contributed by atoms with van der Waals surface area (Å²) in [6, 6.07) is 16.5. The van der Waals surface area contributed by atoms with Gasteiger partial charge in [0.2, 0.25) is 5.95 Å². The Bertz CT molecular complexity index is 773. The number of imidazole rings is 1. The van der Waals surface area contributed by atoms with Gasteiger partial charge in [-0.2, -0.15) is 0 Å². The Kier molecular flexibility index (Phi) is 4.68. The SMILES string of the molecule is CCc1ccc(CNc2ncc(-c3ccc(Cl)cc3)n2C)cc1. The lowest BCUT2D eigenvalue weighted by Gasteiger charge is -2.09. The Hall–Kier alpha value is -2.26. The van der Waals surface area contributed by atoms with E-state index in [1.54, 1.807) is 0 Å². The summed E-state index contributed by atoms with van der Waals surface area (Å²) in [6.07, 6.45) is 2.95. The molecular formula is C19H20ClN3. The van der Waals surface area contributed by atoms with Gasteiger partial charge >= 0.3 is 0 Å². The van der Waals surface area contributed by atoms with E-state index in [1.807, 2.05) is 37.5 Å². The van der Waals surface area contributed by atoms with Crippen LogP contribution in [0.3, 0.4) is 0 Å². The summed E-state index contributed by atoms with van der Waals surface area (Å²) in [7, 11) is 2.01. The Morgan fingerprint density at radius 2 is 1.65 bits per heavy atom. The van der Waals surface area contributed by atoms with Crippen molar-refractivity contribution < 1.29 is 0 Å². The molecule has 0 aliphatic rings. The second-order valence-electron chi connectivity index (χ2n) is 5.56. The molecule has 1 N–H and O–H groups in total. The van der Waals surface area contributed by atoms with Crippen LogP contribution in [0.2, 0.25) is 5.02 Å². The van der Waals surface area contributed by atoms with E-state index >= 15 is 0 Å². The first-order valence-electron chi connectivity index (χ1n) is 7.76. The molecule has 3 nitrogen and oxygen atoms in total. The first-order chi connectivity index (χ1) is 11.2. The molecule has 0 unspecified atom stereocenters. The molecule has 0 spiro atoms. The molecule has 0 bridgehead atoms. The standard InChI is InChI=1S/C19H20ClN3/c1-3-14-4-6-15(7-5-14)12-21-19-22-13-18(23(19)2)16-8-10-17(20)11-9-16/h4-11,13H,3,12H2,1-2H3,(H,21,22). The largest absolute Gasteiger partial charge is 0.352 e. The van der Waals surface area contributed by atoms with Crippen molar-refractivity contribution in [3.63, 3.8) is 0 Å². The van der Waals surface area contributed by atoms with Gasteiger partial charge in [-0.25, -0.2) is 4.98 Å². The number of benzene rings is 2. The third-order valence-corrected chi connectivity index (χ3v) is 4.26. The molecular weight excluding hydrogens is 306 g/mol. The first-order valence-corrected chi connectivity index (χ1v) is 8.14. The molecule has 0 saturated carbocycles. The monoisotopic (exact) mass is 325 g/mol. The fourth-order valence-corrected chi connectivity index (χ4v) is 2.66. The van der Waals surface area contributed by atoms with E-state index in [2.05, 4.69) is 46.1 Å². The number of hydrogen-bond donors (Lipinski definition) is 1. The van der Waals surface area contributed by atoms with Crippen LogP contribution in [0.15, 0.2) is 54.7 Å². The van der Waals surface area contributed by atoms with E-state index in [0.29, 0.717) is 0 Å². The van der Waals surface area contributed by atoms with Gasteiger partial charge in [0.05, 0.1) is 11.9 Å². The predicted molar refractivity (Wildman–Crippen MR) is 96.8 cm³/mol. The Morgan fingerprint density at radius 3 is 2.30 bits per heavy atom. The van der Waals surface area contributed by atoms with Gasteiger partial charge < -0.3 is 9.88 Å². The maximum Gasteiger partial charge on any atom is 0.203 e. The van der Waals surface area contributed by atoms with Gasteiger partial charge in [-0.1, -0.05) is 54.9 Å². The van der Waals surface area contributed by atoms with Gasteiger partial charge in [0.25, 0.3) is 0 Å². The highest BCUT2D eigenvalue weighted by molar-refractivity contribution is 6.30. The van der Waals surface area contributed by atoms with Crippen molar-refractivity contribution in [2.24, 2.45) is 7.05 Å². The number of rotatable bonds is 5. The van der Waals surface area contributed by atoms with Crippen molar-refractivity contribution in [2.75, 3.05) is 5.32 Å².